The highest BCUT2D eigenvalue weighted by atomic mass is 79.9. The number of para-hydroxylation sites is 2. The van der Waals surface area contributed by atoms with Crippen LogP contribution in [0.3, 0.4) is 0 Å². The number of aryl methyl sites for hydroxylation is 1. The van der Waals surface area contributed by atoms with E-state index in [0.717, 1.165) is 17.2 Å². The maximum atomic E-state index is 13.5. The summed E-state index contributed by atoms with van der Waals surface area (Å²) in [7, 11) is -2.86. The van der Waals surface area contributed by atoms with Crippen molar-refractivity contribution in [2.45, 2.75) is 18.4 Å². The van der Waals surface area contributed by atoms with Gasteiger partial charge in [-0.2, -0.15) is 5.10 Å². The van der Waals surface area contributed by atoms with Crippen molar-refractivity contribution in [3.05, 3.63) is 122 Å². The molecule has 0 fully saturated rings. The molecule has 0 spiro atoms. The number of rotatable bonds is 12. The van der Waals surface area contributed by atoms with E-state index in [2.05, 4.69) is 26.5 Å². The summed E-state index contributed by atoms with van der Waals surface area (Å²) in [6, 6.07) is 23.9. The van der Waals surface area contributed by atoms with Crippen molar-refractivity contribution in [2.24, 2.45) is 5.10 Å². The molecule has 4 rings (SSSR count). The third-order valence-electron chi connectivity index (χ3n) is 6.12. The van der Waals surface area contributed by atoms with Crippen LogP contribution in [0.25, 0.3) is 0 Å². The van der Waals surface area contributed by atoms with Crippen LogP contribution >= 0.6 is 15.9 Å². The molecule has 222 valence electrons. The predicted octanol–water partition coefficient (Wildman–Crippen LogP) is 5.60. The third kappa shape index (κ3) is 7.76. The van der Waals surface area contributed by atoms with Crippen LogP contribution in [0.15, 0.2) is 105 Å². The zero-order valence-corrected chi connectivity index (χ0v) is 25.5. The number of nitrogens with one attached hydrogen (secondary N) is 1. The van der Waals surface area contributed by atoms with Crippen LogP contribution in [-0.4, -0.2) is 39.1 Å². The molecule has 4 aromatic rings. The predicted molar refractivity (Wildman–Crippen MR) is 166 cm³/mol. The Morgan fingerprint density at radius 1 is 1.05 bits per heavy atom. The minimum absolute atomic E-state index is 0.133. The van der Waals surface area contributed by atoms with Gasteiger partial charge in [0.2, 0.25) is 0 Å². The zero-order chi connectivity index (χ0) is 31.0. The molecule has 0 heterocycles. The summed E-state index contributed by atoms with van der Waals surface area (Å²) in [5.74, 6) is 0.0826. The van der Waals surface area contributed by atoms with Crippen LogP contribution in [0, 0.1) is 17.0 Å². The Bertz CT molecular complexity index is 1750. The van der Waals surface area contributed by atoms with Gasteiger partial charge in [-0.15, -0.1) is 0 Å². The number of anilines is 1. The van der Waals surface area contributed by atoms with Gasteiger partial charge in [0.25, 0.3) is 21.6 Å². The second-order valence-electron chi connectivity index (χ2n) is 9.17. The van der Waals surface area contributed by atoms with Gasteiger partial charge < -0.3 is 9.47 Å². The minimum atomic E-state index is -4.35. The molecule has 0 atom stereocenters. The van der Waals surface area contributed by atoms with Crippen molar-refractivity contribution < 1.29 is 27.6 Å². The molecule has 1 N–H and O–H groups in total. The summed E-state index contributed by atoms with van der Waals surface area (Å²) in [5, 5.41) is 15.6. The highest BCUT2D eigenvalue weighted by Gasteiger charge is 2.31. The highest BCUT2D eigenvalue weighted by Crippen LogP contribution is 2.37. The maximum Gasteiger partial charge on any atom is 0.293 e. The van der Waals surface area contributed by atoms with E-state index in [4.69, 9.17) is 9.47 Å². The molecule has 1 amide bonds. The maximum absolute atomic E-state index is 13.5. The number of amides is 1. The molecule has 0 saturated carbocycles. The lowest BCUT2D eigenvalue weighted by Crippen LogP contribution is -2.39. The Morgan fingerprint density at radius 3 is 2.40 bits per heavy atom. The molecule has 0 bridgehead atoms. The Morgan fingerprint density at radius 2 is 1.72 bits per heavy atom. The van der Waals surface area contributed by atoms with E-state index < -0.39 is 33.1 Å². The highest BCUT2D eigenvalue weighted by molar-refractivity contribution is 9.10. The number of carbonyl (C=O) groups is 1. The fourth-order valence-electron chi connectivity index (χ4n) is 3.99. The summed E-state index contributed by atoms with van der Waals surface area (Å²) in [6.45, 7) is 1.56. The number of hydrazone groups is 1. The first-order valence-corrected chi connectivity index (χ1v) is 15.0. The van der Waals surface area contributed by atoms with Crippen LogP contribution in [0.4, 0.5) is 11.4 Å². The lowest BCUT2D eigenvalue weighted by molar-refractivity contribution is -0.384. The number of methoxy groups -OCH3 is 1. The number of ether oxygens (including phenoxy) is 2. The molecular weight excluding hydrogens is 640 g/mol. The molecule has 0 aliphatic heterocycles. The van der Waals surface area contributed by atoms with Crippen LogP contribution in [0.1, 0.15) is 16.7 Å². The Hall–Kier alpha value is -4.75. The van der Waals surface area contributed by atoms with Gasteiger partial charge in [-0.1, -0.05) is 60.2 Å². The number of sulfonamides is 1. The van der Waals surface area contributed by atoms with Gasteiger partial charge >= 0.3 is 0 Å². The smallest absolute Gasteiger partial charge is 0.293 e. The normalized spacial score (nSPS) is 11.2. The summed E-state index contributed by atoms with van der Waals surface area (Å²) in [4.78, 5) is 23.7. The van der Waals surface area contributed by atoms with E-state index in [1.165, 1.54) is 55.8 Å². The van der Waals surface area contributed by atoms with Crippen LogP contribution in [0.5, 0.6) is 11.5 Å². The largest absolute Gasteiger partial charge is 0.493 e. The third-order valence-corrected chi connectivity index (χ3v) is 8.49. The zero-order valence-electron chi connectivity index (χ0n) is 23.1. The first kappa shape index (κ1) is 31.2. The number of halogens is 1. The van der Waals surface area contributed by atoms with E-state index >= 15 is 0 Å². The number of benzene rings is 4. The average molecular weight is 668 g/mol. The van der Waals surface area contributed by atoms with Crippen LogP contribution in [-0.2, 0) is 21.4 Å². The first-order valence-electron chi connectivity index (χ1n) is 12.8. The van der Waals surface area contributed by atoms with E-state index in [0.29, 0.717) is 32.4 Å². The van der Waals surface area contributed by atoms with E-state index in [9.17, 15) is 23.3 Å². The number of nitrogens with zero attached hydrogens (tertiary/aromatic N) is 3. The molecule has 4 aromatic carbocycles. The summed E-state index contributed by atoms with van der Waals surface area (Å²) in [5.41, 5.74) is 4.23. The first-order chi connectivity index (χ1) is 20.6. The second kappa shape index (κ2) is 13.9. The van der Waals surface area contributed by atoms with E-state index in [-0.39, 0.29) is 10.6 Å². The van der Waals surface area contributed by atoms with Crippen LogP contribution in [0.2, 0.25) is 0 Å². The van der Waals surface area contributed by atoms with Crippen molar-refractivity contribution in [3.8, 4) is 11.5 Å². The van der Waals surface area contributed by atoms with Gasteiger partial charge in [0.1, 0.15) is 18.8 Å². The van der Waals surface area contributed by atoms with Gasteiger partial charge in [0.05, 0.1) is 27.6 Å². The molecule has 0 aromatic heterocycles. The topological polar surface area (TPSA) is 140 Å². The van der Waals surface area contributed by atoms with E-state index in [1.807, 2.05) is 31.2 Å². The fraction of sp³-hybridized carbons (Fsp3) is 0.133. The van der Waals surface area contributed by atoms with E-state index in [1.54, 1.807) is 18.2 Å². The summed E-state index contributed by atoms with van der Waals surface area (Å²) in [6.07, 6.45) is 1.34. The Kier molecular flexibility index (Phi) is 10.1. The van der Waals surface area contributed by atoms with Crippen LogP contribution < -0.4 is 19.2 Å². The van der Waals surface area contributed by atoms with Crippen molar-refractivity contribution in [2.75, 3.05) is 18.0 Å². The molecule has 0 aliphatic carbocycles. The summed E-state index contributed by atoms with van der Waals surface area (Å²) < 4.78 is 39.7. The van der Waals surface area contributed by atoms with Crippen molar-refractivity contribution in [1.29, 1.82) is 0 Å². The molecule has 13 heteroatoms. The molecule has 0 radical (unpaired) electrons. The number of carbonyl (C=O) groups excluding carboxylic acids is 1. The molecule has 11 nitrogen and oxygen atoms in total. The quantitative estimate of drug-likeness (QED) is 0.118. The van der Waals surface area contributed by atoms with Crippen molar-refractivity contribution in [3.63, 3.8) is 0 Å². The Labute approximate surface area is 257 Å². The lowest BCUT2D eigenvalue weighted by atomic mass is 10.2. The SMILES string of the molecule is COc1cc(/C=N/NC(=O)CN(c2ccccc2[N+](=O)[O-])S(=O)(=O)c2ccccc2)cc(Br)c1OCc1ccc(C)cc1. The minimum Gasteiger partial charge on any atom is -0.493 e. The van der Waals surface area contributed by atoms with Gasteiger partial charge in [-0.05, 0) is 64.3 Å². The monoisotopic (exact) mass is 666 g/mol. The lowest BCUT2D eigenvalue weighted by Gasteiger charge is -2.23. The van der Waals surface area contributed by atoms with Crippen molar-refractivity contribution in [1.82, 2.24) is 5.43 Å². The average Bonchev–Trinajstić information content (AvgIpc) is 3.00. The molecule has 0 saturated heterocycles. The fourth-order valence-corrected chi connectivity index (χ4v) is 6.02. The molecular formula is C30H27BrN4O7S. The van der Waals surface area contributed by atoms with Gasteiger partial charge in [-0.3, -0.25) is 14.9 Å². The molecule has 43 heavy (non-hydrogen) atoms. The van der Waals surface area contributed by atoms with Gasteiger partial charge in [0, 0.05) is 6.07 Å². The number of hydrogen-bond donors (Lipinski definition) is 1. The van der Waals surface area contributed by atoms with Gasteiger partial charge in [-0.25, -0.2) is 18.1 Å². The second-order valence-corrected chi connectivity index (χ2v) is 11.9. The number of nitro groups is 1. The van der Waals surface area contributed by atoms with Crippen molar-refractivity contribution >= 4 is 49.4 Å². The number of hydrogen-bond acceptors (Lipinski definition) is 8. The summed E-state index contributed by atoms with van der Waals surface area (Å²) >= 11 is 3.48. The Balaban J connectivity index is 1.52. The molecule has 0 aliphatic rings. The molecule has 0 unspecified atom stereocenters. The van der Waals surface area contributed by atoms with Gasteiger partial charge in [0.15, 0.2) is 11.5 Å². The number of nitro benzene ring substituents is 1. The standard InChI is InChI=1S/C30H27BrN4O7S/c1-21-12-14-22(15-13-21)20-42-30-25(31)16-23(17-28(30)41-2)18-32-33-29(36)19-34(26-10-6-7-11-27(26)35(37)38)43(39,40)24-8-4-3-5-9-24/h3-18H,19-20H2,1-2H3,(H,33,36)/b32-18+.